The highest BCUT2D eigenvalue weighted by atomic mass is 35.5. The fraction of sp³-hybridized carbons (Fsp3) is 0.227. The number of amides is 2. The third kappa shape index (κ3) is 4.33. The zero-order valence-corrected chi connectivity index (χ0v) is 18.1. The van der Waals surface area contributed by atoms with Gasteiger partial charge >= 0.3 is 0 Å². The summed E-state index contributed by atoms with van der Waals surface area (Å²) in [6.45, 7) is 7.67. The molecule has 1 heterocycles. The normalized spacial score (nSPS) is 15.9. The number of rotatable bonds is 4. The van der Waals surface area contributed by atoms with Gasteiger partial charge in [0.15, 0.2) is 5.11 Å². The molecule has 150 valence electrons. The summed E-state index contributed by atoms with van der Waals surface area (Å²) in [5.74, 6) is -0.479. The van der Waals surface area contributed by atoms with E-state index in [1.165, 1.54) is 11.0 Å². The smallest absolute Gasteiger partial charge is 0.270 e. The van der Waals surface area contributed by atoms with E-state index in [2.05, 4.69) is 5.32 Å². The first-order valence-electron chi connectivity index (χ1n) is 9.13. The standard InChI is InChI=1S/C22H21ClN2O3S/c1-12(2)28-19-9-8-15(11-17(19)23)10-16-20(26)24-22(29)25(21(16)27)18-7-5-6-13(3)14(18)4/h5-12H,1-4H3,(H,24,26,29)/b16-10+. The summed E-state index contributed by atoms with van der Waals surface area (Å²) in [6.07, 6.45) is 1.48. The van der Waals surface area contributed by atoms with E-state index in [1.807, 2.05) is 39.8 Å². The Hall–Kier alpha value is -2.70. The summed E-state index contributed by atoms with van der Waals surface area (Å²) >= 11 is 11.5. The van der Waals surface area contributed by atoms with Crippen molar-refractivity contribution in [2.24, 2.45) is 0 Å². The van der Waals surface area contributed by atoms with Crippen LogP contribution >= 0.6 is 23.8 Å². The molecule has 0 aliphatic carbocycles. The number of ether oxygens (including phenoxy) is 1. The lowest BCUT2D eigenvalue weighted by atomic mass is 10.0. The second kappa shape index (κ2) is 8.35. The molecule has 0 aromatic heterocycles. The lowest BCUT2D eigenvalue weighted by Crippen LogP contribution is -2.54. The summed E-state index contributed by atoms with van der Waals surface area (Å²) in [5, 5.41) is 3.06. The number of hydrogen-bond donors (Lipinski definition) is 1. The molecular formula is C22H21ClN2O3S. The SMILES string of the molecule is Cc1cccc(N2C(=O)/C(=C/c3ccc(OC(C)C)c(Cl)c3)C(=O)NC2=S)c1C. The molecule has 0 bridgehead atoms. The third-order valence-corrected chi connectivity index (χ3v) is 5.13. The van der Waals surface area contributed by atoms with E-state index in [0.717, 1.165) is 11.1 Å². The topological polar surface area (TPSA) is 58.6 Å². The van der Waals surface area contributed by atoms with E-state index in [-0.39, 0.29) is 16.8 Å². The molecule has 2 amide bonds. The Bertz CT molecular complexity index is 1050. The molecule has 0 unspecified atom stereocenters. The van der Waals surface area contributed by atoms with Gasteiger partial charge < -0.3 is 4.74 Å². The highest BCUT2D eigenvalue weighted by Crippen LogP contribution is 2.29. The van der Waals surface area contributed by atoms with Gasteiger partial charge in [-0.05, 0) is 80.9 Å². The third-order valence-electron chi connectivity index (χ3n) is 4.55. The molecule has 3 rings (SSSR count). The van der Waals surface area contributed by atoms with Crippen molar-refractivity contribution in [2.45, 2.75) is 33.8 Å². The summed E-state index contributed by atoms with van der Waals surface area (Å²) in [6, 6.07) is 10.7. The van der Waals surface area contributed by atoms with E-state index in [9.17, 15) is 9.59 Å². The van der Waals surface area contributed by atoms with Gasteiger partial charge in [0.25, 0.3) is 11.8 Å². The lowest BCUT2D eigenvalue weighted by Gasteiger charge is -2.30. The van der Waals surface area contributed by atoms with Crippen LogP contribution in [0.4, 0.5) is 5.69 Å². The van der Waals surface area contributed by atoms with E-state index in [1.54, 1.807) is 24.3 Å². The summed E-state index contributed by atoms with van der Waals surface area (Å²) in [7, 11) is 0. The molecule has 7 heteroatoms. The second-order valence-corrected chi connectivity index (χ2v) is 7.83. The van der Waals surface area contributed by atoms with Crippen molar-refractivity contribution in [2.75, 3.05) is 4.90 Å². The Kier molecular flexibility index (Phi) is 6.05. The monoisotopic (exact) mass is 428 g/mol. The number of anilines is 1. The van der Waals surface area contributed by atoms with Gasteiger partial charge in [0, 0.05) is 0 Å². The van der Waals surface area contributed by atoms with Crippen LogP contribution in [0.25, 0.3) is 6.08 Å². The summed E-state index contributed by atoms with van der Waals surface area (Å²) < 4.78 is 5.62. The van der Waals surface area contributed by atoms with Gasteiger partial charge in [-0.25, -0.2) is 0 Å². The number of halogens is 1. The first-order valence-corrected chi connectivity index (χ1v) is 9.91. The lowest BCUT2D eigenvalue weighted by molar-refractivity contribution is -0.122. The summed E-state index contributed by atoms with van der Waals surface area (Å²) in [4.78, 5) is 27.0. The summed E-state index contributed by atoms with van der Waals surface area (Å²) in [5.41, 5.74) is 3.17. The molecule has 29 heavy (non-hydrogen) atoms. The molecule has 0 radical (unpaired) electrons. The molecule has 2 aromatic carbocycles. The number of carbonyl (C=O) groups excluding carboxylic acids is 2. The van der Waals surface area contributed by atoms with Crippen LogP contribution in [0.5, 0.6) is 5.75 Å². The van der Waals surface area contributed by atoms with Crippen LogP contribution < -0.4 is 15.0 Å². The maximum Gasteiger partial charge on any atom is 0.270 e. The average molecular weight is 429 g/mol. The molecular weight excluding hydrogens is 408 g/mol. The van der Waals surface area contributed by atoms with E-state index < -0.39 is 11.8 Å². The molecule has 2 aromatic rings. The predicted molar refractivity (Wildman–Crippen MR) is 119 cm³/mol. The van der Waals surface area contributed by atoms with Gasteiger partial charge in [0.2, 0.25) is 0 Å². The van der Waals surface area contributed by atoms with E-state index in [0.29, 0.717) is 22.0 Å². The molecule has 5 nitrogen and oxygen atoms in total. The van der Waals surface area contributed by atoms with Crippen molar-refractivity contribution >= 4 is 52.5 Å². The van der Waals surface area contributed by atoms with Crippen LogP contribution in [0, 0.1) is 13.8 Å². The van der Waals surface area contributed by atoms with Crippen molar-refractivity contribution in [3.8, 4) is 5.75 Å². The van der Waals surface area contributed by atoms with Gasteiger partial charge in [0.05, 0.1) is 16.8 Å². The molecule has 1 N–H and O–H groups in total. The van der Waals surface area contributed by atoms with Crippen molar-refractivity contribution < 1.29 is 14.3 Å². The van der Waals surface area contributed by atoms with Crippen molar-refractivity contribution in [1.29, 1.82) is 0 Å². The Morgan fingerprint density at radius 1 is 1.17 bits per heavy atom. The zero-order chi connectivity index (χ0) is 21.3. The second-order valence-electron chi connectivity index (χ2n) is 7.03. The Balaban J connectivity index is 2.00. The van der Waals surface area contributed by atoms with Crippen LogP contribution in [0.1, 0.15) is 30.5 Å². The van der Waals surface area contributed by atoms with E-state index >= 15 is 0 Å². The number of nitrogens with one attached hydrogen (secondary N) is 1. The maximum atomic E-state index is 13.2. The van der Waals surface area contributed by atoms with Crippen LogP contribution in [0.2, 0.25) is 5.02 Å². The van der Waals surface area contributed by atoms with Crippen molar-refractivity contribution in [3.63, 3.8) is 0 Å². The van der Waals surface area contributed by atoms with Gasteiger partial charge in [-0.15, -0.1) is 0 Å². The number of thiocarbonyl (C=S) groups is 1. The van der Waals surface area contributed by atoms with E-state index in [4.69, 9.17) is 28.6 Å². The molecule has 0 atom stereocenters. The fourth-order valence-corrected chi connectivity index (χ4v) is 3.48. The number of hydrogen-bond acceptors (Lipinski definition) is 4. The van der Waals surface area contributed by atoms with Crippen molar-refractivity contribution in [1.82, 2.24) is 5.32 Å². The predicted octanol–water partition coefficient (Wildman–Crippen LogP) is 4.58. The number of nitrogens with zero attached hydrogens (tertiary/aromatic N) is 1. The van der Waals surface area contributed by atoms with Gasteiger partial charge in [0.1, 0.15) is 11.3 Å². The first-order chi connectivity index (χ1) is 13.7. The van der Waals surface area contributed by atoms with Crippen LogP contribution in [0.3, 0.4) is 0 Å². The minimum absolute atomic E-state index is 0.0189. The molecule has 1 aliphatic rings. The molecule has 1 fully saturated rings. The number of benzene rings is 2. The van der Waals surface area contributed by atoms with Gasteiger partial charge in [-0.3, -0.25) is 19.8 Å². The average Bonchev–Trinajstić information content (AvgIpc) is 2.64. The minimum Gasteiger partial charge on any atom is -0.489 e. The molecule has 1 aliphatic heterocycles. The van der Waals surface area contributed by atoms with Crippen molar-refractivity contribution in [3.05, 3.63) is 63.7 Å². The quantitative estimate of drug-likeness (QED) is 0.440. The number of carbonyl (C=O) groups is 2. The Morgan fingerprint density at radius 3 is 2.55 bits per heavy atom. The van der Waals surface area contributed by atoms with Crippen LogP contribution in [-0.4, -0.2) is 23.0 Å². The minimum atomic E-state index is -0.541. The molecule has 0 spiro atoms. The first kappa shape index (κ1) is 21.0. The fourth-order valence-electron chi connectivity index (χ4n) is 2.98. The Labute approximate surface area is 180 Å². The van der Waals surface area contributed by atoms with Gasteiger partial charge in [-0.1, -0.05) is 29.8 Å². The van der Waals surface area contributed by atoms with Crippen LogP contribution in [-0.2, 0) is 9.59 Å². The molecule has 1 saturated heterocycles. The highest BCUT2D eigenvalue weighted by Gasteiger charge is 2.35. The van der Waals surface area contributed by atoms with Crippen LogP contribution in [0.15, 0.2) is 42.0 Å². The maximum absolute atomic E-state index is 13.2. The number of aryl methyl sites for hydroxylation is 1. The largest absolute Gasteiger partial charge is 0.489 e. The van der Waals surface area contributed by atoms with Gasteiger partial charge in [-0.2, -0.15) is 0 Å². The molecule has 0 saturated carbocycles. The Morgan fingerprint density at radius 2 is 1.90 bits per heavy atom. The zero-order valence-electron chi connectivity index (χ0n) is 16.6. The highest BCUT2D eigenvalue weighted by molar-refractivity contribution is 7.80.